The lowest BCUT2D eigenvalue weighted by Crippen LogP contribution is -2.51. The molecule has 0 bridgehead atoms. The number of hydrogen-bond acceptors (Lipinski definition) is 3. The van der Waals surface area contributed by atoms with Crippen LogP contribution < -0.4 is 4.90 Å². The van der Waals surface area contributed by atoms with Gasteiger partial charge in [-0.15, -0.1) is 0 Å². The predicted molar refractivity (Wildman–Crippen MR) is 115 cm³/mol. The zero-order valence-corrected chi connectivity index (χ0v) is 16.7. The van der Waals surface area contributed by atoms with Crippen molar-refractivity contribution < 1.29 is 9.18 Å². The quantitative estimate of drug-likeness (QED) is 0.663. The monoisotopic (exact) mass is 391 g/mol. The summed E-state index contributed by atoms with van der Waals surface area (Å²) in [5, 5.41) is 2.44. The summed E-state index contributed by atoms with van der Waals surface area (Å²) >= 11 is 0. The Kier molecular flexibility index (Phi) is 5.76. The molecule has 3 aromatic carbocycles. The Morgan fingerprint density at radius 3 is 2.38 bits per heavy atom. The van der Waals surface area contributed by atoms with Crippen molar-refractivity contribution in [1.82, 2.24) is 9.80 Å². The summed E-state index contributed by atoms with van der Waals surface area (Å²) in [4.78, 5) is 18.7. The molecule has 1 saturated heterocycles. The number of amides is 1. The number of carbonyl (C=O) groups is 1. The molecule has 0 aliphatic carbocycles. The van der Waals surface area contributed by atoms with Crippen LogP contribution >= 0.6 is 0 Å². The SMILES string of the molecule is CN(CC(=O)N1CCN(c2ccccc2F)CC1)Cc1ccc2ccccc2c1. The van der Waals surface area contributed by atoms with Crippen molar-refractivity contribution in [2.24, 2.45) is 0 Å². The number of anilines is 1. The molecule has 150 valence electrons. The fourth-order valence-corrected chi connectivity index (χ4v) is 3.94. The summed E-state index contributed by atoms with van der Waals surface area (Å²) in [5.74, 6) is -0.0798. The molecule has 4 nitrogen and oxygen atoms in total. The minimum absolute atomic E-state index is 0.126. The average molecular weight is 391 g/mol. The summed E-state index contributed by atoms with van der Waals surface area (Å²) in [7, 11) is 1.97. The molecule has 5 heteroatoms. The number of piperazine rings is 1. The summed E-state index contributed by atoms with van der Waals surface area (Å²) in [5.41, 5.74) is 1.82. The van der Waals surface area contributed by atoms with Crippen molar-refractivity contribution in [2.45, 2.75) is 6.54 Å². The van der Waals surface area contributed by atoms with Gasteiger partial charge in [0, 0.05) is 32.7 Å². The first-order valence-electron chi connectivity index (χ1n) is 10.0. The molecule has 0 N–H and O–H groups in total. The first-order valence-corrected chi connectivity index (χ1v) is 10.0. The van der Waals surface area contributed by atoms with Gasteiger partial charge in [0.15, 0.2) is 0 Å². The third-order valence-electron chi connectivity index (χ3n) is 5.50. The van der Waals surface area contributed by atoms with E-state index in [0.29, 0.717) is 38.4 Å². The van der Waals surface area contributed by atoms with Crippen LogP contribution in [0.5, 0.6) is 0 Å². The van der Waals surface area contributed by atoms with Crippen molar-refractivity contribution in [3.05, 3.63) is 78.1 Å². The lowest BCUT2D eigenvalue weighted by atomic mass is 10.1. The molecule has 29 heavy (non-hydrogen) atoms. The van der Waals surface area contributed by atoms with E-state index in [-0.39, 0.29) is 11.7 Å². The van der Waals surface area contributed by atoms with Crippen LogP contribution in [0, 0.1) is 5.82 Å². The Balaban J connectivity index is 1.30. The van der Waals surface area contributed by atoms with Crippen LogP contribution in [0.15, 0.2) is 66.7 Å². The number of benzene rings is 3. The third-order valence-corrected chi connectivity index (χ3v) is 5.50. The minimum Gasteiger partial charge on any atom is -0.366 e. The lowest BCUT2D eigenvalue weighted by Gasteiger charge is -2.36. The number of carbonyl (C=O) groups excluding carboxylic acids is 1. The molecule has 1 amide bonds. The number of para-hydroxylation sites is 1. The van der Waals surface area contributed by atoms with Crippen LogP contribution in [0.1, 0.15) is 5.56 Å². The van der Waals surface area contributed by atoms with Crippen LogP contribution in [0.25, 0.3) is 10.8 Å². The van der Waals surface area contributed by atoms with Gasteiger partial charge in [-0.1, -0.05) is 48.5 Å². The standard InChI is InChI=1S/C24H26FN3O/c1-26(17-19-10-11-20-6-2-3-7-21(20)16-19)18-24(29)28-14-12-27(13-15-28)23-9-5-4-8-22(23)25/h2-11,16H,12-15,17-18H2,1H3. The molecular formula is C24H26FN3O. The van der Waals surface area contributed by atoms with Crippen LogP contribution in [0.3, 0.4) is 0 Å². The highest BCUT2D eigenvalue weighted by molar-refractivity contribution is 5.83. The molecule has 4 rings (SSSR count). The first kappa shape index (κ1) is 19.4. The van der Waals surface area contributed by atoms with E-state index in [4.69, 9.17) is 0 Å². The van der Waals surface area contributed by atoms with Crippen molar-refractivity contribution in [3.8, 4) is 0 Å². The summed E-state index contributed by atoms with van der Waals surface area (Å²) in [6.45, 7) is 3.66. The summed E-state index contributed by atoms with van der Waals surface area (Å²) < 4.78 is 14.0. The highest BCUT2D eigenvalue weighted by Gasteiger charge is 2.23. The molecule has 0 radical (unpaired) electrons. The fourth-order valence-electron chi connectivity index (χ4n) is 3.94. The van der Waals surface area contributed by atoms with Gasteiger partial charge in [0.05, 0.1) is 12.2 Å². The topological polar surface area (TPSA) is 26.8 Å². The molecule has 1 aliphatic rings. The van der Waals surface area contributed by atoms with Gasteiger partial charge < -0.3 is 9.80 Å². The van der Waals surface area contributed by atoms with Crippen molar-refractivity contribution in [2.75, 3.05) is 44.7 Å². The molecular weight excluding hydrogens is 365 g/mol. The number of hydrogen-bond donors (Lipinski definition) is 0. The van der Waals surface area contributed by atoms with E-state index >= 15 is 0 Å². The third kappa shape index (κ3) is 4.57. The highest BCUT2D eigenvalue weighted by atomic mass is 19.1. The fraction of sp³-hybridized carbons (Fsp3) is 0.292. The number of nitrogens with zero attached hydrogens (tertiary/aromatic N) is 3. The van der Waals surface area contributed by atoms with E-state index in [9.17, 15) is 9.18 Å². The van der Waals surface area contributed by atoms with Gasteiger partial charge in [-0.25, -0.2) is 4.39 Å². The van der Waals surface area contributed by atoms with Gasteiger partial charge in [0.1, 0.15) is 5.82 Å². The molecule has 3 aromatic rings. The van der Waals surface area contributed by atoms with Gasteiger partial charge in [0.25, 0.3) is 0 Å². The second kappa shape index (κ2) is 8.62. The van der Waals surface area contributed by atoms with Crippen LogP contribution in [-0.4, -0.2) is 55.5 Å². The maximum atomic E-state index is 14.0. The van der Waals surface area contributed by atoms with E-state index in [2.05, 4.69) is 35.2 Å². The smallest absolute Gasteiger partial charge is 0.236 e. The number of halogens is 1. The molecule has 1 heterocycles. The molecule has 1 aliphatic heterocycles. The zero-order chi connectivity index (χ0) is 20.2. The molecule has 0 spiro atoms. The average Bonchev–Trinajstić information content (AvgIpc) is 2.74. The van der Waals surface area contributed by atoms with E-state index < -0.39 is 0 Å². The first-order chi connectivity index (χ1) is 14.1. The van der Waals surface area contributed by atoms with E-state index in [1.165, 1.54) is 22.4 Å². The van der Waals surface area contributed by atoms with Crippen LogP contribution in [0.4, 0.5) is 10.1 Å². The van der Waals surface area contributed by atoms with Gasteiger partial charge in [-0.3, -0.25) is 9.69 Å². The Hall–Kier alpha value is -2.92. The maximum absolute atomic E-state index is 14.0. The van der Waals surface area contributed by atoms with E-state index in [1.54, 1.807) is 12.1 Å². The normalized spacial score (nSPS) is 14.6. The number of likely N-dealkylation sites (N-methyl/N-ethyl adjacent to an activating group) is 1. The zero-order valence-electron chi connectivity index (χ0n) is 16.7. The molecule has 1 fully saturated rings. The number of fused-ring (bicyclic) bond motifs is 1. The van der Waals surface area contributed by atoms with Crippen LogP contribution in [0.2, 0.25) is 0 Å². The minimum atomic E-state index is -0.206. The van der Waals surface area contributed by atoms with Crippen molar-refractivity contribution in [3.63, 3.8) is 0 Å². The lowest BCUT2D eigenvalue weighted by molar-refractivity contribution is -0.132. The molecule has 0 unspecified atom stereocenters. The predicted octanol–water partition coefficient (Wildman–Crippen LogP) is 3.76. The second-order valence-electron chi connectivity index (χ2n) is 7.67. The van der Waals surface area contributed by atoms with E-state index in [0.717, 1.165) is 6.54 Å². The maximum Gasteiger partial charge on any atom is 0.236 e. The molecule has 0 aromatic heterocycles. The Morgan fingerprint density at radius 1 is 0.931 bits per heavy atom. The van der Waals surface area contributed by atoms with Crippen LogP contribution in [-0.2, 0) is 11.3 Å². The van der Waals surface area contributed by atoms with Gasteiger partial charge in [0.2, 0.25) is 5.91 Å². The summed E-state index contributed by atoms with van der Waals surface area (Å²) in [6.07, 6.45) is 0. The Labute approximate surface area is 171 Å². The summed E-state index contributed by atoms with van der Waals surface area (Å²) in [6, 6.07) is 21.5. The van der Waals surface area contributed by atoms with E-state index in [1.807, 2.05) is 35.0 Å². The van der Waals surface area contributed by atoms with Gasteiger partial charge >= 0.3 is 0 Å². The largest absolute Gasteiger partial charge is 0.366 e. The second-order valence-corrected chi connectivity index (χ2v) is 7.67. The Bertz CT molecular complexity index is 998. The molecule has 0 atom stereocenters. The number of rotatable bonds is 5. The van der Waals surface area contributed by atoms with Crippen molar-refractivity contribution in [1.29, 1.82) is 0 Å². The highest BCUT2D eigenvalue weighted by Crippen LogP contribution is 2.20. The molecule has 0 saturated carbocycles. The van der Waals surface area contributed by atoms with Gasteiger partial charge in [-0.05, 0) is 41.6 Å². The van der Waals surface area contributed by atoms with Gasteiger partial charge in [-0.2, -0.15) is 0 Å². The Morgan fingerprint density at radius 2 is 1.62 bits per heavy atom. The van der Waals surface area contributed by atoms with Crippen molar-refractivity contribution >= 4 is 22.4 Å².